The first-order valence-electron chi connectivity index (χ1n) is 16.8. The van der Waals surface area contributed by atoms with Crippen LogP contribution in [-0.2, 0) is 0 Å². The number of hydrogen-bond donors (Lipinski definition) is 0. The maximum atomic E-state index is 3.93. The van der Waals surface area contributed by atoms with Crippen LogP contribution in [0.15, 0.2) is 128 Å². The molecule has 3 nitrogen and oxygen atoms in total. The van der Waals surface area contributed by atoms with Crippen LogP contribution >= 0.6 is 0 Å². The third-order valence-electron chi connectivity index (χ3n) is 8.67. The first-order chi connectivity index (χ1) is 23.0. The van der Waals surface area contributed by atoms with E-state index in [-0.39, 0.29) is 0 Å². The predicted octanol–water partition coefficient (Wildman–Crippen LogP) is 11.8. The molecule has 0 N–H and O–H groups in total. The fraction of sp³-hybridized carbons (Fsp3) is 0.182. The van der Waals surface area contributed by atoms with Crippen molar-refractivity contribution >= 4 is 58.8 Å². The molecular formula is C44H47N3. The van der Waals surface area contributed by atoms with Crippen LogP contribution in [0.5, 0.6) is 0 Å². The summed E-state index contributed by atoms with van der Waals surface area (Å²) in [6, 6.07) is 43.6. The Labute approximate surface area is 282 Å². The summed E-state index contributed by atoms with van der Waals surface area (Å²) in [6.07, 6.45) is 10.6. The van der Waals surface area contributed by atoms with Crippen molar-refractivity contribution in [1.82, 2.24) is 0 Å². The zero-order valence-corrected chi connectivity index (χ0v) is 28.3. The number of anilines is 5. The number of benzene rings is 5. The molecule has 3 heteroatoms. The van der Waals surface area contributed by atoms with Crippen LogP contribution in [0.1, 0.15) is 55.5 Å². The molecule has 0 unspecified atom stereocenters. The van der Waals surface area contributed by atoms with Gasteiger partial charge < -0.3 is 14.7 Å². The highest BCUT2D eigenvalue weighted by Gasteiger charge is 2.12. The second-order valence-electron chi connectivity index (χ2n) is 11.5. The molecule has 0 atom stereocenters. The Morgan fingerprint density at radius 3 is 0.830 bits per heavy atom. The van der Waals surface area contributed by atoms with Crippen molar-refractivity contribution in [2.24, 2.45) is 0 Å². The van der Waals surface area contributed by atoms with Crippen LogP contribution in [0.25, 0.3) is 30.4 Å². The lowest BCUT2D eigenvalue weighted by Crippen LogP contribution is -2.21. The molecule has 0 spiro atoms. The summed E-state index contributed by atoms with van der Waals surface area (Å²) in [4.78, 5) is 7.02. The van der Waals surface area contributed by atoms with E-state index >= 15 is 0 Å². The zero-order chi connectivity index (χ0) is 33.0. The Bertz CT molecular complexity index is 1630. The van der Waals surface area contributed by atoms with Crippen molar-refractivity contribution in [2.75, 3.05) is 40.9 Å². The minimum atomic E-state index is 1.02. The van der Waals surface area contributed by atoms with E-state index < -0.39 is 0 Å². The van der Waals surface area contributed by atoms with E-state index in [0.717, 1.165) is 59.9 Å². The van der Waals surface area contributed by atoms with Crippen LogP contribution in [0.4, 0.5) is 28.4 Å². The van der Waals surface area contributed by atoms with Gasteiger partial charge in [0, 0.05) is 54.6 Å². The third-order valence-corrected chi connectivity index (χ3v) is 8.67. The van der Waals surface area contributed by atoms with E-state index in [1.165, 1.54) is 22.5 Å². The number of hydrogen-bond acceptors (Lipinski definition) is 3. The van der Waals surface area contributed by atoms with Crippen molar-refractivity contribution in [1.29, 1.82) is 0 Å². The van der Waals surface area contributed by atoms with E-state index in [1.54, 1.807) is 0 Å². The van der Waals surface area contributed by atoms with Crippen molar-refractivity contribution in [3.05, 3.63) is 156 Å². The summed E-state index contributed by atoms with van der Waals surface area (Å²) in [6.45, 7) is 16.8. The molecule has 47 heavy (non-hydrogen) atoms. The average Bonchev–Trinajstić information content (AvgIpc) is 3.13. The van der Waals surface area contributed by atoms with Gasteiger partial charge in [-0.15, -0.1) is 0 Å². The van der Waals surface area contributed by atoms with Gasteiger partial charge in [-0.25, -0.2) is 0 Å². The van der Waals surface area contributed by atoms with Gasteiger partial charge in [0.15, 0.2) is 0 Å². The molecule has 0 fully saturated rings. The van der Waals surface area contributed by atoms with E-state index in [9.17, 15) is 0 Å². The molecule has 0 aliphatic rings. The molecule has 0 aromatic heterocycles. The third kappa shape index (κ3) is 8.51. The van der Waals surface area contributed by atoms with E-state index in [2.05, 4.69) is 195 Å². The van der Waals surface area contributed by atoms with Gasteiger partial charge >= 0.3 is 0 Å². The van der Waals surface area contributed by atoms with Crippen molar-refractivity contribution in [3.63, 3.8) is 0 Å². The lowest BCUT2D eigenvalue weighted by Gasteiger charge is -2.26. The van der Waals surface area contributed by atoms with Gasteiger partial charge in [0.05, 0.1) is 0 Å². The second-order valence-corrected chi connectivity index (χ2v) is 11.5. The Hall–Kier alpha value is -5.28. The average molecular weight is 618 g/mol. The second kappa shape index (κ2) is 16.3. The molecule has 0 aliphatic carbocycles. The van der Waals surface area contributed by atoms with E-state index in [0.29, 0.717) is 0 Å². The standard InChI is InChI=1S/C44H47N3/c1-6-35-15-29-42(30-16-35)47(43-31-21-38(22-32-43)13-11-36-17-25-40(26-18-36)45(7-2)8-3)44-33-23-39(24-34-44)14-12-37-19-27-41(28-20-37)46(9-4)10-5/h6,11-34H,1,7-10H2,2-5H3. The monoisotopic (exact) mass is 617 g/mol. The lowest BCUT2D eigenvalue weighted by molar-refractivity contribution is 0.866. The smallest absolute Gasteiger partial charge is 0.0462 e. The fourth-order valence-electron chi connectivity index (χ4n) is 5.83. The van der Waals surface area contributed by atoms with Crippen LogP contribution in [0.2, 0.25) is 0 Å². The molecule has 0 saturated carbocycles. The molecule has 0 saturated heterocycles. The fourth-order valence-corrected chi connectivity index (χ4v) is 5.83. The van der Waals surface area contributed by atoms with Gasteiger partial charge in [-0.3, -0.25) is 0 Å². The summed E-state index contributed by atoms with van der Waals surface area (Å²) in [5.41, 5.74) is 11.7. The van der Waals surface area contributed by atoms with E-state index in [4.69, 9.17) is 0 Å². The van der Waals surface area contributed by atoms with Crippen LogP contribution in [0, 0.1) is 0 Å². The SMILES string of the molecule is C=Cc1ccc(N(c2ccc(C=Cc3ccc(N(CC)CC)cc3)cc2)c2ccc(C=Cc3ccc(N(CC)CC)cc3)cc2)cc1. The van der Waals surface area contributed by atoms with E-state index in [1.807, 2.05) is 6.08 Å². The Morgan fingerprint density at radius 1 is 0.362 bits per heavy atom. The van der Waals surface area contributed by atoms with Crippen LogP contribution < -0.4 is 14.7 Å². The Morgan fingerprint density at radius 2 is 0.596 bits per heavy atom. The maximum Gasteiger partial charge on any atom is 0.0462 e. The molecule has 0 radical (unpaired) electrons. The summed E-state index contributed by atoms with van der Waals surface area (Å²) >= 11 is 0. The predicted molar refractivity (Wildman–Crippen MR) is 209 cm³/mol. The molecule has 5 rings (SSSR count). The number of nitrogens with zero attached hydrogens (tertiary/aromatic N) is 3. The Balaban J connectivity index is 1.34. The molecule has 0 aliphatic heterocycles. The highest BCUT2D eigenvalue weighted by atomic mass is 15.1. The quantitative estimate of drug-likeness (QED) is 0.115. The van der Waals surface area contributed by atoms with Gasteiger partial charge in [-0.1, -0.05) is 97.6 Å². The molecule has 5 aromatic rings. The molecular weight excluding hydrogens is 571 g/mol. The number of rotatable bonds is 14. The van der Waals surface area contributed by atoms with Crippen molar-refractivity contribution < 1.29 is 0 Å². The first kappa shape index (κ1) is 33.1. The minimum absolute atomic E-state index is 1.02. The van der Waals surface area contributed by atoms with Gasteiger partial charge in [0.2, 0.25) is 0 Å². The van der Waals surface area contributed by atoms with Crippen LogP contribution in [-0.4, -0.2) is 26.2 Å². The topological polar surface area (TPSA) is 9.72 Å². The highest BCUT2D eigenvalue weighted by Crippen LogP contribution is 2.35. The Kier molecular flexibility index (Phi) is 11.5. The summed E-state index contributed by atoms with van der Waals surface area (Å²) in [5.74, 6) is 0. The molecule has 238 valence electrons. The molecule has 0 heterocycles. The largest absolute Gasteiger partial charge is 0.372 e. The molecule has 0 amide bonds. The van der Waals surface area contributed by atoms with Gasteiger partial charge in [0.25, 0.3) is 0 Å². The normalized spacial score (nSPS) is 11.2. The van der Waals surface area contributed by atoms with Crippen molar-refractivity contribution in [2.45, 2.75) is 27.7 Å². The van der Waals surface area contributed by atoms with Crippen LogP contribution in [0.3, 0.4) is 0 Å². The summed E-state index contributed by atoms with van der Waals surface area (Å²) in [7, 11) is 0. The minimum Gasteiger partial charge on any atom is -0.372 e. The van der Waals surface area contributed by atoms with Crippen molar-refractivity contribution in [3.8, 4) is 0 Å². The molecule has 0 bridgehead atoms. The lowest BCUT2D eigenvalue weighted by atomic mass is 10.1. The maximum absolute atomic E-state index is 3.93. The zero-order valence-electron chi connectivity index (χ0n) is 28.3. The first-order valence-corrected chi connectivity index (χ1v) is 16.8. The summed E-state index contributed by atoms with van der Waals surface area (Å²) < 4.78 is 0. The van der Waals surface area contributed by atoms with Gasteiger partial charge in [-0.2, -0.15) is 0 Å². The molecule has 5 aromatic carbocycles. The highest BCUT2D eigenvalue weighted by molar-refractivity contribution is 5.80. The summed E-state index contributed by atoms with van der Waals surface area (Å²) in [5, 5.41) is 0. The van der Waals surface area contributed by atoms with Gasteiger partial charge in [-0.05, 0) is 116 Å². The van der Waals surface area contributed by atoms with Gasteiger partial charge in [0.1, 0.15) is 0 Å².